The van der Waals surface area contributed by atoms with Crippen LogP contribution in [-0.4, -0.2) is 26.1 Å². The van der Waals surface area contributed by atoms with Gasteiger partial charge in [-0.05, 0) is 19.3 Å². The van der Waals surface area contributed by atoms with Crippen molar-refractivity contribution in [3.8, 4) is 0 Å². The van der Waals surface area contributed by atoms with Gasteiger partial charge in [-0.15, -0.1) is 0 Å². The lowest BCUT2D eigenvalue weighted by atomic mass is 9.87. The Kier molecular flexibility index (Phi) is 4.05. The van der Waals surface area contributed by atoms with Gasteiger partial charge in [0.15, 0.2) is 0 Å². The Morgan fingerprint density at radius 3 is 2.95 bits per heavy atom. The molecule has 1 aliphatic rings. The van der Waals surface area contributed by atoms with E-state index in [0.29, 0.717) is 10.9 Å². The van der Waals surface area contributed by atoms with Crippen LogP contribution in [-0.2, 0) is 0 Å². The molecule has 108 valence electrons. The zero-order valence-corrected chi connectivity index (χ0v) is 12.5. The molecule has 0 radical (unpaired) electrons. The van der Waals surface area contributed by atoms with Crippen molar-refractivity contribution in [2.45, 2.75) is 45.4 Å². The van der Waals surface area contributed by atoms with E-state index in [4.69, 9.17) is 11.6 Å². The van der Waals surface area contributed by atoms with Crippen molar-refractivity contribution in [3.05, 3.63) is 17.0 Å². The van der Waals surface area contributed by atoms with Crippen LogP contribution in [0.4, 0.5) is 5.82 Å². The van der Waals surface area contributed by atoms with Gasteiger partial charge in [-0.1, -0.05) is 43.7 Å². The summed E-state index contributed by atoms with van der Waals surface area (Å²) < 4.78 is 1.72. The summed E-state index contributed by atoms with van der Waals surface area (Å²) in [5.41, 5.74) is 0.924. The van der Waals surface area contributed by atoms with Crippen molar-refractivity contribution in [1.29, 1.82) is 0 Å². The Hall–Kier alpha value is -1.36. The second-order valence-corrected chi connectivity index (χ2v) is 5.93. The molecule has 3 rings (SSSR count). The van der Waals surface area contributed by atoms with E-state index in [1.165, 1.54) is 44.9 Å². The number of halogens is 1. The van der Waals surface area contributed by atoms with Gasteiger partial charge in [-0.3, -0.25) is 0 Å². The highest BCUT2D eigenvalue weighted by atomic mass is 35.5. The van der Waals surface area contributed by atoms with Crippen LogP contribution in [0.3, 0.4) is 0 Å². The first-order chi connectivity index (χ1) is 9.75. The highest BCUT2D eigenvalue weighted by Gasteiger charge is 2.15. The molecule has 0 saturated heterocycles. The van der Waals surface area contributed by atoms with Crippen LogP contribution in [0.25, 0.3) is 5.78 Å². The maximum Gasteiger partial charge on any atom is 0.255 e. The van der Waals surface area contributed by atoms with E-state index in [9.17, 15) is 0 Å². The monoisotopic (exact) mass is 293 g/mol. The Labute approximate surface area is 123 Å². The van der Waals surface area contributed by atoms with Crippen LogP contribution in [0.2, 0.25) is 5.15 Å². The van der Waals surface area contributed by atoms with Crippen LogP contribution in [0, 0.1) is 12.8 Å². The van der Waals surface area contributed by atoms with Crippen LogP contribution in [0.15, 0.2) is 6.33 Å². The van der Waals surface area contributed by atoms with Crippen LogP contribution in [0.1, 0.15) is 44.1 Å². The molecule has 0 spiro atoms. The third-order valence-electron chi connectivity index (χ3n) is 4.17. The minimum atomic E-state index is 0.491. The van der Waals surface area contributed by atoms with Crippen molar-refractivity contribution in [2.24, 2.45) is 5.92 Å². The van der Waals surface area contributed by atoms with Gasteiger partial charge in [0.25, 0.3) is 5.78 Å². The second-order valence-electron chi connectivity index (χ2n) is 5.57. The predicted octanol–water partition coefficient (Wildman–Crippen LogP) is 3.47. The normalized spacial score (nSPS) is 16.7. The fourth-order valence-corrected chi connectivity index (χ4v) is 3.14. The number of aromatic nitrogens is 4. The maximum atomic E-state index is 6.15. The number of hydrogen-bond acceptors (Lipinski definition) is 4. The SMILES string of the molecule is Cc1c(Cl)nc2ncnn2c1NCCC1CCCCC1. The number of nitrogens with one attached hydrogen (secondary N) is 1. The molecule has 0 aromatic carbocycles. The third kappa shape index (κ3) is 2.73. The Balaban J connectivity index is 1.70. The summed E-state index contributed by atoms with van der Waals surface area (Å²) in [6.07, 6.45) is 9.63. The molecule has 0 amide bonds. The van der Waals surface area contributed by atoms with Crippen LogP contribution >= 0.6 is 11.6 Å². The summed E-state index contributed by atoms with van der Waals surface area (Å²) in [5, 5.41) is 8.17. The molecular weight excluding hydrogens is 274 g/mol. The largest absolute Gasteiger partial charge is 0.370 e. The number of hydrogen-bond donors (Lipinski definition) is 1. The van der Waals surface area contributed by atoms with Crippen molar-refractivity contribution in [2.75, 3.05) is 11.9 Å². The van der Waals surface area contributed by atoms with Gasteiger partial charge in [-0.2, -0.15) is 19.6 Å². The first-order valence-electron chi connectivity index (χ1n) is 7.35. The van der Waals surface area contributed by atoms with Crippen molar-refractivity contribution < 1.29 is 0 Å². The number of anilines is 1. The molecular formula is C14H20ClN5. The van der Waals surface area contributed by atoms with E-state index in [0.717, 1.165) is 23.8 Å². The zero-order valence-electron chi connectivity index (χ0n) is 11.8. The van der Waals surface area contributed by atoms with Crippen LogP contribution < -0.4 is 5.32 Å². The number of rotatable bonds is 4. The minimum absolute atomic E-state index is 0.491. The second kappa shape index (κ2) is 5.95. The topological polar surface area (TPSA) is 55.1 Å². The summed E-state index contributed by atoms with van der Waals surface area (Å²) in [7, 11) is 0. The van der Waals surface area contributed by atoms with E-state index in [1.807, 2.05) is 6.92 Å². The molecule has 6 heteroatoms. The summed E-state index contributed by atoms with van der Waals surface area (Å²) >= 11 is 6.15. The van der Waals surface area contributed by atoms with Gasteiger partial charge >= 0.3 is 0 Å². The number of nitrogens with zero attached hydrogens (tertiary/aromatic N) is 4. The molecule has 1 fully saturated rings. The molecule has 0 unspecified atom stereocenters. The molecule has 2 aromatic heterocycles. The molecule has 0 aliphatic heterocycles. The molecule has 2 aromatic rings. The van der Waals surface area contributed by atoms with Gasteiger partial charge < -0.3 is 5.32 Å². The van der Waals surface area contributed by atoms with Crippen molar-refractivity contribution in [1.82, 2.24) is 19.6 Å². The lowest BCUT2D eigenvalue weighted by molar-refractivity contribution is 0.345. The molecule has 1 saturated carbocycles. The van der Waals surface area contributed by atoms with E-state index in [1.54, 1.807) is 4.52 Å². The van der Waals surface area contributed by atoms with Gasteiger partial charge in [0, 0.05) is 12.1 Å². The Morgan fingerprint density at radius 2 is 2.15 bits per heavy atom. The summed E-state index contributed by atoms with van der Waals surface area (Å²) in [5.74, 6) is 2.31. The molecule has 5 nitrogen and oxygen atoms in total. The van der Waals surface area contributed by atoms with E-state index in [2.05, 4.69) is 20.4 Å². The first-order valence-corrected chi connectivity index (χ1v) is 7.73. The van der Waals surface area contributed by atoms with Gasteiger partial charge in [0.2, 0.25) is 0 Å². The summed E-state index contributed by atoms with van der Waals surface area (Å²) in [6.45, 7) is 2.90. The lowest BCUT2D eigenvalue weighted by Crippen LogP contribution is -2.15. The van der Waals surface area contributed by atoms with E-state index < -0.39 is 0 Å². The molecule has 1 aliphatic carbocycles. The molecule has 20 heavy (non-hydrogen) atoms. The fourth-order valence-electron chi connectivity index (χ4n) is 2.98. The van der Waals surface area contributed by atoms with Gasteiger partial charge in [0.05, 0.1) is 0 Å². The Morgan fingerprint density at radius 1 is 1.35 bits per heavy atom. The zero-order chi connectivity index (χ0) is 13.9. The fraction of sp³-hybridized carbons (Fsp3) is 0.643. The summed E-state index contributed by atoms with van der Waals surface area (Å²) in [6, 6.07) is 0. The lowest BCUT2D eigenvalue weighted by Gasteiger charge is -2.22. The average molecular weight is 294 g/mol. The summed E-state index contributed by atoms with van der Waals surface area (Å²) in [4.78, 5) is 8.30. The standard InChI is InChI=1S/C14H20ClN5/c1-10-12(15)19-14-17-9-18-20(14)13(10)16-8-7-11-5-3-2-4-6-11/h9,11,16H,2-8H2,1H3. The minimum Gasteiger partial charge on any atom is -0.370 e. The maximum absolute atomic E-state index is 6.15. The molecule has 0 atom stereocenters. The van der Waals surface area contributed by atoms with Gasteiger partial charge in [-0.25, -0.2) is 0 Å². The van der Waals surface area contributed by atoms with Crippen LogP contribution in [0.5, 0.6) is 0 Å². The van der Waals surface area contributed by atoms with E-state index in [-0.39, 0.29) is 0 Å². The highest BCUT2D eigenvalue weighted by Crippen LogP contribution is 2.27. The van der Waals surface area contributed by atoms with Crippen molar-refractivity contribution in [3.63, 3.8) is 0 Å². The molecule has 0 bridgehead atoms. The predicted molar refractivity (Wildman–Crippen MR) is 80.2 cm³/mol. The van der Waals surface area contributed by atoms with Crippen molar-refractivity contribution >= 4 is 23.2 Å². The molecule has 2 heterocycles. The first kappa shape index (κ1) is 13.6. The van der Waals surface area contributed by atoms with Gasteiger partial charge in [0.1, 0.15) is 17.3 Å². The van der Waals surface area contributed by atoms with E-state index >= 15 is 0 Å². The average Bonchev–Trinajstić information content (AvgIpc) is 2.92. The smallest absolute Gasteiger partial charge is 0.255 e. The highest BCUT2D eigenvalue weighted by molar-refractivity contribution is 6.30. The quantitative estimate of drug-likeness (QED) is 0.877. The number of fused-ring (bicyclic) bond motifs is 1. The Bertz CT molecular complexity index is 589. The third-order valence-corrected chi connectivity index (χ3v) is 4.54. The molecule has 1 N–H and O–H groups in total.